The second kappa shape index (κ2) is 5.41. The molecule has 1 fully saturated rings. The van der Waals surface area contributed by atoms with Crippen molar-refractivity contribution in [3.05, 3.63) is 23.2 Å². The van der Waals surface area contributed by atoms with Crippen LogP contribution in [0.4, 0.5) is 11.4 Å². The number of benzene rings is 1. The number of anilines is 2. The minimum Gasteiger partial charge on any atom is -0.397 e. The highest BCUT2D eigenvalue weighted by molar-refractivity contribution is 6.31. The lowest BCUT2D eigenvalue weighted by atomic mass is 10.2. The van der Waals surface area contributed by atoms with Crippen molar-refractivity contribution in [3.63, 3.8) is 0 Å². The number of nitrogens with two attached hydrogens (primary N) is 1. The molecule has 0 radical (unpaired) electrons. The van der Waals surface area contributed by atoms with Gasteiger partial charge in [0.05, 0.1) is 17.5 Å². The van der Waals surface area contributed by atoms with Gasteiger partial charge in [0.25, 0.3) is 0 Å². The van der Waals surface area contributed by atoms with E-state index in [1.54, 1.807) is 6.07 Å². The molecule has 3 N–H and O–H groups in total. The average Bonchev–Trinajstić information content (AvgIpc) is 2.74. The molecule has 1 atom stereocenters. The zero-order valence-corrected chi connectivity index (χ0v) is 9.96. The molecule has 0 amide bonds. The van der Waals surface area contributed by atoms with Crippen molar-refractivity contribution < 1.29 is 4.74 Å². The minimum absolute atomic E-state index is 0.418. The van der Waals surface area contributed by atoms with E-state index in [0.29, 0.717) is 16.8 Å². The maximum Gasteiger partial charge on any atom is 0.0592 e. The molecule has 1 unspecified atom stereocenters. The van der Waals surface area contributed by atoms with Gasteiger partial charge in [-0.2, -0.15) is 0 Å². The van der Waals surface area contributed by atoms with Crippen molar-refractivity contribution >= 4 is 23.0 Å². The van der Waals surface area contributed by atoms with Gasteiger partial charge in [0.2, 0.25) is 0 Å². The number of nitrogens with one attached hydrogen (secondary N) is 1. The molecule has 0 spiro atoms. The van der Waals surface area contributed by atoms with Gasteiger partial charge in [-0.05, 0) is 37.5 Å². The summed E-state index contributed by atoms with van der Waals surface area (Å²) >= 11 is 5.83. The summed E-state index contributed by atoms with van der Waals surface area (Å²) in [7, 11) is 0. The molecule has 4 heteroatoms. The van der Waals surface area contributed by atoms with Crippen LogP contribution in [0.2, 0.25) is 5.02 Å². The van der Waals surface area contributed by atoms with E-state index in [2.05, 4.69) is 5.32 Å². The summed E-state index contributed by atoms with van der Waals surface area (Å²) in [5, 5.41) is 3.97. The van der Waals surface area contributed by atoms with Crippen LogP contribution in [0.1, 0.15) is 19.3 Å². The SMILES string of the molecule is Nc1cc(Cl)ccc1NCCC1CCCO1. The van der Waals surface area contributed by atoms with Gasteiger partial charge in [0, 0.05) is 18.2 Å². The van der Waals surface area contributed by atoms with Crippen LogP contribution < -0.4 is 11.1 Å². The molecule has 0 aromatic heterocycles. The highest BCUT2D eigenvalue weighted by Gasteiger charge is 2.14. The van der Waals surface area contributed by atoms with Gasteiger partial charge in [-0.15, -0.1) is 0 Å². The fourth-order valence-corrected chi connectivity index (χ4v) is 2.11. The van der Waals surface area contributed by atoms with Crippen molar-refractivity contribution in [2.45, 2.75) is 25.4 Å². The Bertz CT molecular complexity index is 351. The standard InChI is InChI=1S/C12H17ClN2O/c13-9-3-4-12(11(14)8-9)15-6-5-10-2-1-7-16-10/h3-4,8,10,15H,1-2,5-7,14H2. The topological polar surface area (TPSA) is 47.3 Å². The van der Waals surface area contributed by atoms with E-state index in [-0.39, 0.29) is 0 Å². The van der Waals surface area contributed by atoms with E-state index in [9.17, 15) is 0 Å². The maximum absolute atomic E-state index is 5.84. The van der Waals surface area contributed by atoms with Gasteiger partial charge in [0.15, 0.2) is 0 Å². The summed E-state index contributed by atoms with van der Waals surface area (Å²) in [6.07, 6.45) is 3.81. The fraction of sp³-hybridized carbons (Fsp3) is 0.500. The molecular formula is C12H17ClN2O. The van der Waals surface area contributed by atoms with E-state index in [1.807, 2.05) is 12.1 Å². The number of rotatable bonds is 4. The molecule has 1 heterocycles. The molecule has 3 nitrogen and oxygen atoms in total. The molecule has 0 aliphatic carbocycles. The number of nitrogen functional groups attached to an aromatic ring is 1. The fourth-order valence-electron chi connectivity index (χ4n) is 1.93. The predicted octanol–water partition coefficient (Wildman–Crippen LogP) is 2.90. The quantitative estimate of drug-likeness (QED) is 0.796. The molecular weight excluding hydrogens is 224 g/mol. The number of hydrogen-bond donors (Lipinski definition) is 2. The number of hydrogen-bond acceptors (Lipinski definition) is 3. The molecule has 0 saturated carbocycles. The summed E-state index contributed by atoms with van der Waals surface area (Å²) in [6.45, 7) is 1.80. The Morgan fingerprint density at radius 1 is 1.50 bits per heavy atom. The van der Waals surface area contributed by atoms with Crippen molar-refractivity contribution in [1.82, 2.24) is 0 Å². The van der Waals surface area contributed by atoms with Gasteiger partial charge in [-0.25, -0.2) is 0 Å². The van der Waals surface area contributed by atoms with Gasteiger partial charge in [-0.3, -0.25) is 0 Å². The Labute approximate surface area is 101 Å². The van der Waals surface area contributed by atoms with Crippen LogP contribution in [0.5, 0.6) is 0 Å². The van der Waals surface area contributed by atoms with Crippen LogP contribution in [0.15, 0.2) is 18.2 Å². The molecule has 2 rings (SSSR count). The van der Waals surface area contributed by atoms with Crippen LogP contribution in [-0.2, 0) is 4.74 Å². The van der Waals surface area contributed by atoms with Gasteiger partial charge >= 0.3 is 0 Å². The Hall–Kier alpha value is -0.930. The average molecular weight is 241 g/mol. The van der Waals surface area contributed by atoms with E-state index in [1.165, 1.54) is 12.8 Å². The molecule has 16 heavy (non-hydrogen) atoms. The van der Waals surface area contributed by atoms with Crippen LogP contribution in [0.25, 0.3) is 0 Å². The highest BCUT2D eigenvalue weighted by atomic mass is 35.5. The van der Waals surface area contributed by atoms with Crippen LogP contribution in [0, 0.1) is 0 Å². The maximum atomic E-state index is 5.84. The Balaban J connectivity index is 1.80. The Morgan fingerprint density at radius 2 is 2.38 bits per heavy atom. The lowest BCUT2D eigenvalue weighted by Crippen LogP contribution is -2.13. The van der Waals surface area contributed by atoms with E-state index in [0.717, 1.165) is 25.3 Å². The van der Waals surface area contributed by atoms with E-state index >= 15 is 0 Å². The molecule has 88 valence electrons. The summed E-state index contributed by atoms with van der Waals surface area (Å²) in [5.74, 6) is 0. The van der Waals surface area contributed by atoms with Crippen molar-refractivity contribution in [2.75, 3.05) is 24.2 Å². The normalized spacial score (nSPS) is 19.9. The van der Waals surface area contributed by atoms with E-state index in [4.69, 9.17) is 22.1 Å². The zero-order valence-electron chi connectivity index (χ0n) is 9.21. The van der Waals surface area contributed by atoms with Crippen molar-refractivity contribution in [1.29, 1.82) is 0 Å². The lowest BCUT2D eigenvalue weighted by molar-refractivity contribution is 0.107. The van der Waals surface area contributed by atoms with Crippen molar-refractivity contribution in [2.24, 2.45) is 0 Å². The van der Waals surface area contributed by atoms with Crippen LogP contribution in [-0.4, -0.2) is 19.3 Å². The van der Waals surface area contributed by atoms with Crippen LogP contribution in [0.3, 0.4) is 0 Å². The third kappa shape index (κ3) is 3.03. The number of ether oxygens (including phenoxy) is 1. The molecule has 0 bridgehead atoms. The Morgan fingerprint density at radius 3 is 3.06 bits per heavy atom. The molecule has 1 aromatic carbocycles. The van der Waals surface area contributed by atoms with E-state index < -0.39 is 0 Å². The zero-order chi connectivity index (χ0) is 11.4. The smallest absolute Gasteiger partial charge is 0.0592 e. The summed E-state index contributed by atoms with van der Waals surface area (Å²) in [5.41, 5.74) is 7.48. The predicted molar refractivity (Wildman–Crippen MR) is 67.9 cm³/mol. The molecule has 1 aliphatic heterocycles. The largest absolute Gasteiger partial charge is 0.397 e. The van der Waals surface area contributed by atoms with Gasteiger partial charge < -0.3 is 15.8 Å². The van der Waals surface area contributed by atoms with Crippen LogP contribution >= 0.6 is 11.6 Å². The van der Waals surface area contributed by atoms with Crippen molar-refractivity contribution in [3.8, 4) is 0 Å². The second-order valence-corrected chi connectivity index (χ2v) is 4.52. The summed E-state index contributed by atoms with van der Waals surface area (Å²) in [4.78, 5) is 0. The monoisotopic (exact) mass is 240 g/mol. The summed E-state index contributed by atoms with van der Waals surface area (Å²) in [6, 6.07) is 5.51. The molecule has 1 aromatic rings. The first kappa shape index (κ1) is 11.6. The third-order valence-electron chi connectivity index (χ3n) is 2.82. The second-order valence-electron chi connectivity index (χ2n) is 4.08. The third-order valence-corrected chi connectivity index (χ3v) is 3.05. The number of halogens is 1. The lowest BCUT2D eigenvalue weighted by Gasteiger charge is -2.12. The first-order valence-electron chi connectivity index (χ1n) is 5.66. The van der Waals surface area contributed by atoms with Gasteiger partial charge in [0.1, 0.15) is 0 Å². The first-order chi connectivity index (χ1) is 7.75. The first-order valence-corrected chi connectivity index (χ1v) is 6.04. The minimum atomic E-state index is 0.418. The Kier molecular flexibility index (Phi) is 3.91. The summed E-state index contributed by atoms with van der Waals surface area (Å²) < 4.78 is 5.55. The molecule has 1 saturated heterocycles. The van der Waals surface area contributed by atoms with Gasteiger partial charge in [-0.1, -0.05) is 11.6 Å². The molecule has 1 aliphatic rings. The highest BCUT2D eigenvalue weighted by Crippen LogP contribution is 2.23.